The molecule has 0 spiro atoms. The van der Waals surface area contributed by atoms with Gasteiger partial charge in [-0.25, -0.2) is 4.79 Å². The number of fused-ring (bicyclic) bond motifs is 1. The number of carbonyl (C=O) groups is 1. The molecule has 0 aliphatic heterocycles. The van der Waals surface area contributed by atoms with Gasteiger partial charge in [0, 0.05) is 42.2 Å². The Morgan fingerprint density at radius 3 is 1.83 bits per heavy atom. The SMILES string of the molecule is COc1ccc(N(c2ccc(OC)cc2)c2cc(OC)c(-c3cc4sc(/C=C(/C#N)C(=O)O)cc4s3)cc2OC)cc1. The fourth-order valence-electron chi connectivity index (χ4n) is 4.48. The van der Waals surface area contributed by atoms with Gasteiger partial charge in [-0.1, -0.05) is 0 Å². The van der Waals surface area contributed by atoms with E-state index >= 15 is 0 Å². The van der Waals surface area contributed by atoms with Crippen LogP contribution in [0.3, 0.4) is 0 Å². The van der Waals surface area contributed by atoms with E-state index in [0.29, 0.717) is 16.4 Å². The first-order valence-corrected chi connectivity index (χ1v) is 14.3. The minimum Gasteiger partial charge on any atom is -0.497 e. The number of methoxy groups -OCH3 is 4. The standard InChI is InChI=1S/C32H26N2O6S2/c1-37-22-9-5-20(6-10-22)34(21-7-11-23(38-2)12-8-21)26-16-27(39-3)25(15-28(26)40-4)29-17-31-30(42-29)14-24(41-31)13-19(18-33)32(35)36/h5-17H,1-4H3,(H,35,36)/b19-13-. The summed E-state index contributed by atoms with van der Waals surface area (Å²) < 4.78 is 24.6. The third-order valence-corrected chi connectivity index (χ3v) is 8.81. The molecule has 0 radical (unpaired) electrons. The average molecular weight is 599 g/mol. The molecule has 3 aromatic carbocycles. The van der Waals surface area contributed by atoms with Crippen LogP contribution >= 0.6 is 22.7 Å². The summed E-state index contributed by atoms with van der Waals surface area (Å²) in [4.78, 5) is 15.0. The molecule has 0 atom stereocenters. The molecule has 2 heterocycles. The molecule has 0 amide bonds. The molecule has 0 saturated heterocycles. The van der Waals surface area contributed by atoms with Gasteiger partial charge in [0.1, 0.15) is 34.6 Å². The number of benzene rings is 3. The van der Waals surface area contributed by atoms with Gasteiger partial charge in [-0.3, -0.25) is 0 Å². The average Bonchev–Trinajstić information content (AvgIpc) is 3.59. The van der Waals surface area contributed by atoms with Gasteiger partial charge in [-0.2, -0.15) is 5.26 Å². The lowest BCUT2D eigenvalue weighted by atomic mass is 10.1. The lowest BCUT2D eigenvalue weighted by molar-refractivity contribution is -0.132. The summed E-state index contributed by atoms with van der Waals surface area (Å²) in [6.07, 6.45) is 1.39. The van der Waals surface area contributed by atoms with E-state index in [-0.39, 0.29) is 5.57 Å². The molecular weight excluding hydrogens is 572 g/mol. The molecule has 0 unspecified atom stereocenters. The largest absolute Gasteiger partial charge is 0.497 e. The molecule has 0 aliphatic rings. The first kappa shape index (κ1) is 28.5. The second-order valence-corrected chi connectivity index (χ2v) is 11.1. The number of thiophene rings is 2. The summed E-state index contributed by atoms with van der Waals surface area (Å²) in [5, 5.41) is 18.3. The van der Waals surface area contributed by atoms with Crippen LogP contribution in [0.1, 0.15) is 4.88 Å². The first-order chi connectivity index (χ1) is 20.4. The van der Waals surface area contributed by atoms with Crippen molar-refractivity contribution < 1.29 is 28.8 Å². The Balaban J connectivity index is 1.61. The highest BCUT2D eigenvalue weighted by Gasteiger charge is 2.22. The Morgan fingerprint density at radius 2 is 1.36 bits per heavy atom. The number of aliphatic carboxylic acids is 1. The number of rotatable bonds is 10. The molecular formula is C32H26N2O6S2. The monoisotopic (exact) mass is 598 g/mol. The van der Waals surface area contributed by atoms with Crippen molar-refractivity contribution in [3.63, 3.8) is 0 Å². The van der Waals surface area contributed by atoms with E-state index in [9.17, 15) is 9.90 Å². The zero-order valence-electron chi connectivity index (χ0n) is 23.2. The Kier molecular flexibility index (Phi) is 8.33. The molecule has 42 heavy (non-hydrogen) atoms. The number of hydrogen-bond acceptors (Lipinski definition) is 9. The maximum Gasteiger partial charge on any atom is 0.346 e. The highest BCUT2D eigenvalue weighted by atomic mass is 32.1. The molecule has 0 aliphatic carbocycles. The van der Waals surface area contributed by atoms with E-state index in [1.807, 2.05) is 72.8 Å². The van der Waals surface area contributed by atoms with Crippen molar-refractivity contribution in [2.45, 2.75) is 0 Å². The zero-order chi connectivity index (χ0) is 29.8. The van der Waals surface area contributed by atoms with Crippen LogP contribution in [0.15, 0.2) is 78.4 Å². The van der Waals surface area contributed by atoms with Crippen LogP contribution in [0.4, 0.5) is 17.1 Å². The maximum absolute atomic E-state index is 11.2. The van der Waals surface area contributed by atoms with E-state index in [0.717, 1.165) is 48.4 Å². The second kappa shape index (κ2) is 12.3. The lowest BCUT2D eigenvalue weighted by Crippen LogP contribution is -2.11. The molecule has 2 aromatic heterocycles. The predicted octanol–water partition coefficient (Wildman–Crippen LogP) is 8.13. The van der Waals surface area contributed by atoms with Crippen molar-refractivity contribution in [2.24, 2.45) is 0 Å². The highest BCUT2D eigenvalue weighted by molar-refractivity contribution is 7.29. The number of hydrogen-bond donors (Lipinski definition) is 1. The molecule has 0 fully saturated rings. The fourth-order valence-corrected chi connectivity index (χ4v) is 6.85. The van der Waals surface area contributed by atoms with Gasteiger partial charge >= 0.3 is 5.97 Å². The predicted molar refractivity (Wildman–Crippen MR) is 167 cm³/mol. The van der Waals surface area contributed by atoms with Gasteiger partial charge in [-0.05, 0) is 72.8 Å². The smallest absolute Gasteiger partial charge is 0.346 e. The summed E-state index contributed by atoms with van der Waals surface area (Å²) in [7, 11) is 6.54. The van der Waals surface area contributed by atoms with Gasteiger partial charge in [0.15, 0.2) is 0 Å². The van der Waals surface area contributed by atoms with Crippen molar-refractivity contribution in [1.82, 2.24) is 0 Å². The third-order valence-electron chi connectivity index (χ3n) is 6.53. The van der Waals surface area contributed by atoms with Gasteiger partial charge in [0.2, 0.25) is 0 Å². The number of carboxylic acids is 1. The maximum atomic E-state index is 11.2. The molecule has 0 bridgehead atoms. The summed E-state index contributed by atoms with van der Waals surface area (Å²) in [5.41, 5.74) is 3.12. The van der Waals surface area contributed by atoms with Crippen LogP contribution in [0.25, 0.3) is 25.9 Å². The van der Waals surface area contributed by atoms with E-state index in [1.165, 1.54) is 17.4 Å². The number of ether oxygens (including phenoxy) is 4. The van der Waals surface area contributed by atoms with Crippen LogP contribution in [-0.2, 0) is 4.79 Å². The van der Waals surface area contributed by atoms with Crippen LogP contribution in [0.5, 0.6) is 23.0 Å². The van der Waals surface area contributed by atoms with Crippen molar-refractivity contribution in [2.75, 3.05) is 33.3 Å². The Bertz CT molecular complexity index is 1740. The van der Waals surface area contributed by atoms with E-state index in [1.54, 1.807) is 45.8 Å². The zero-order valence-corrected chi connectivity index (χ0v) is 24.8. The topological polar surface area (TPSA) is 101 Å². The Labute approximate surface area is 250 Å². The normalized spacial score (nSPS) is 11.2. The summed E-state index contributed by atoms with van der Waals surface area (Å²) in [6.45, 7) is 0. The summed E-state index contributed by atoms with van der Waals surface area (Å²) in [5.74, 6) is 1.54. The molecule has 5 rings (SSSR count). The molecule has 5 aromatic rings. The third kappa shape index (κ3) is 5.61. The molecule has 10 heteroatoms. The molecule has 8 nitrogen and oxygen atoms in total. The van der Waals surface area contributed by atoms with E-state index < -0.39 is 5.97 Å². The summed E-state index contributed by atoms with van der Waals surface area (Å²) in [6, 6.07) is 25.1. The van der Waals surface area contributed by atoms with Crippen LogP contribution in [0.2, 0.25) is 0 Å². The van der Waals surface area contributed by atoms with Crippen LogP contribution < -0.4 is 23.8 Å². The van der Waals surface area contributed by atoms with E-state index in [4.69, 9.17) is 24.2 Å². The fraction of sp³-hybridized carbons (Fsp3) is 0.125. The number of anilines is 3. The molecule has 212 valence electrons. The summed E-state index contributed by atoms with van der Waals surface area (Å²) >= 11 is 2.98. The molecule has 1 N–H and O–H groups in total. The van der Waals surface area contributed by atoms with Gasteiger partial charge in [0.25, 0.3) is 0 Å². The first-order valence-electron chi connectivity index (χ1n) is 12.6. The quantitative estimate of drug-likeness (QED) is 0.127. The van der Waals surface area contributed by atoms with E-state index in [2.05, 4.69) is 4.90 Å². The second-order valence-electron chi connectivity index (χ2n) is 8.92. The van der Waals surface area contributed by atoms with Gasteiger partial charge in [-0.15, -0.1) is 22.7 Å². The van der Waals surface area contributed by atoms with Crippen molar-refractivity contribution >= 4 is 61.2 Å². The van der Waals surface area contributed by atoms with Crippen molar-refractivity contribution in [3.8, 4) is 39.5 Å². The number of nitrogens with zero attached hydrogens (tertiary/aromatic N) is 2. The van der Waals surface area contributed by atoms with Gasteiger partial charge in [0.05, 0.1) is 34.1 Å². The number of nitriles is 1. The highest BCUT2D eigenvalue weighted by Crippen LogP contribution is 2.49. The Morgan fingerprint density at radius 1 is 0.786 bits per heavy atom. The van der Waals surface area contributed by atoms with Crippen molar-refractivity contribution in [1.29, 1.82) is 5.26 Å². The minimum atomic E-state index is -1.25. The minimum absolute atomic E-state index is 0.301. The number of carboxylic acid groups (broad SMARTS) is 1. The van der Waals surface area contributed by atoms with Crippen molar-refractivity contribution in [3.05, 3.63) is 83.2 Å². The molecule has 0 saturated carbocycles. The van der Waals surface area contributed by atoms with Gasteiger partial charge < -0.3 is 29.0 Å². The lowest BCUT2D eigenvalue weighted by Gasteiger charge is -2.28. The van der Waals surface area contributed by atoms with Crippen LogP contribution in [-0.4, -0.2) is 39.5 Å². The Hall–Kier alpha value is -4.98. The van der Waals surface area contributed by atoms with Crippen LogP contribution in [0, 0.1) is 11.3 Å².